The zero-order valence-corrected chi connectivity index (χ0v) is 21.2. The molecule has 9 heteroatoms. The van der Waals surface area contributed by atoms with Crippen molar-refractivity contribution in [2.45, 2.75) is 33.8 Å². The van der Waals surface area contributed by atoms with E-state index in [9.17, 15) is 9.59 Å². The minimum Gasteiger partial charge on any atom is -0.490 e. The van der Waals surface area contributed by atoms with E-state index in [2.05, 4.69) is 20.9 Å². The molecule has 2 aromatic carbocycles. The van der Waals surface area contributed by atoms with Crippen molar-refractivity contribution in [2.75, 3.05) is 13.2 Å². The molecule has 0 saturated carbocycles. The Morgan fingerprint density at radius 2 is 1.94 bits per heavy atom. The van der Waals surface area contributed by atoms with Crippen molar-refractivity contribution < 1.29 is 24.2 Å². The van der Waals surface area contributed by atoms with Crippen LogP contribution in [-0.4, -0.2) is 46.3 Å². The Balaban J connectivity index is 1.94. The second kappa shape index (κ2) is 10.9. The Labute approximate surface area is 205 Å². The van der Waals surface area contributed by atoms with Gasteiger partial charge in [0.1, 0.15) is 0 Å². The maximum Gasteiger partial charge on any atom is 0.335 e. The molecule has 0 radical (unpaired) electrons. The summed E-state index contributed by atoms with van der Waals surface area (Å²) < 4.78 is 12.4. The van der Waals surface area contributed by atoms with E-state index >= 15 is 0 Å². The molecular weight excluding hydrogens is 508 g/mol. The minimum absolute atomic E-state index is 0.0156. The average molecular weight is 533 g/mol. The van der Waals surface area contributed by atoms with Gasteiger partial charge in [0.25, 0.3) is 5.91 Å². The van der Waals surface area contributed by atoms with Crippen molar-refractivity contribution in [1.82, 2.24) is 4.90 Å². The minimum atomic E-state index is -0.998. The number of amidine groups is 1. The van der Waals surface area contributed by atoms with E-state index in [1.165, 1.54) is 23.9 Å². The molecule has 0 bridgehead atoms. The topological polar surface area (TPSA) is 88.4 Å². The summed E-state index contributed by atoms with van der Waals surface area (Å²) in [5.74, 6) is 0.0895. The summed E-state index contributed by atoms with van der Waals surface area (Å²) in [5.41, 5.74) is 1.55. The Morgan fingerprint density at radius 3 is 2.52 bits per heavy atom. The van der Waals surface area contributed by atoms with E-state index in [4.69, 9.17) is 14.6 Å². The summed E-state index contributed by atoms with van der Waals surface area (Å²) in [4.78, 5) is 30.7. The van der Waals surface area contributed by atoms with Crippen molar-refractivity contribution in [3.05, 3.63) is 56.9 Å². The highest BCUT2D eigenvalue weighted by Crippen LogP contribution is 2.40. The number of likely N-dealkylation sites (N-methyl/N-ethyl adjacent to an activating group) is 1. The van der Waals surface area contributed by atoms with Crippen LogP contribution in [-0.2, 0) is 4.79 Å². The second-order valence-electron chi connectivity index (χ2n) is 7.34. The lowest BCUT2D eigenvalue weighted by atomic mass is 10.1. The molecule has 1 saturated heterocycles. The molecule has 1 N–H and O–H groups in total. The van der Waals surface area contributed by atoms with E-state index in [1.807, 2.05) is 39.8 Å². The third-order valence-corrected chi connectivity index (χ3v) is 6.12. The van der Waals surface area contributed by atoms with Crippen LogP contribution in [0.1, 0.15) is 43.6 Å². The summed E-state index contributed by atoms with van der Waals surface area (Å²) in [5, 5.41) is 9.60. The number of aromatic carboxylic acids is 1. The lowest BCUT2D eigenvalue weighted by Gasteiger charge is -2.17. The molecule has 0 aliphatic carbocycles. The normalized spacial score (nSPS) is 16.2. The number of carbonyl (C=O) groups excluding carboxylic acids is 1. The molecule has 0 aromatic heterocycles. The molecule has 0 atom stereocenters. The van der Waals surface area contributed by atoms with Gasteiger partial charge in [-0.1, -0.05) is 0 Å². The monoisotopic (exact) mass is 532 g/mol. The standard InChI is InChI=1S/C24H25BrN2O5S/c1-5-27-22(28)20(33-24(27)26-17-9-7-16(8-10-17)23(29)30)13-15-11-18(25)21(32-14(3)4)19(12-15)31-6-2/h7-14H,5-6H2,1-4H3,(H,29,30)/b20-13+,26-24?. The zero-order valence-electron chi connectivity index (χ0n) is 18.8. The van der Waals surface area contributed by atoms with Crippen LogP contribution in [0.15, 0.2) is 50.8 Å². The van der Waals surface area contributed by atoms with Crippen LogP contribution in [0, 0.1) is 0 Å². The third kappa shape index (κ3) is 5.97. The van der Waals surface area contributed by atoms with Crippen molar-refractivity contribution >= 4 is 56.5 Å². The molecule has 1 fully saturated rings. The number of carboxylic acid groups (broad SMARTS) is 1. The first kappa shape index (κ1) is 24.9. The van der Waals surface area contributed by atoms with Gasteiger partial charge in [-0.25, -0.2) is 9.79 Å². The van der Waals surface area contributed by atoms with Gasteiger partial charge in [0.05, 0.1) is 33.3 Å². The number of rotatable bonds is 8. The fraction of sp³-hybridized carbons (Fsp3) is 0.292. The highest BCUT2D eigenvalue weighted by Gasteiger charge is 2.32. The maximum absolute atomic E-state index is 13.0. The molecule has 3 rings (SSSR count). The summed E-state index contributed by atoms with van der Waals surface area (Å²) in [7, 11) is 0. The first-order valence-electron chi connectivity index (χ1n) is 10.5. The largest absolute Gasteiger partial charge is 0.490 e. The molecule has 7 nitrogen and oxygen atoms in total. The molecule has 174 valence electrons. The van der Waals surface area contributed by atoms with Gasteiger partial charge in [-0.15, -0.1) is 0 Å². The van der Waals surface area contributed by atoms with Gasteiger partial charge in [-0.3, -0.25) is 9.69 Å². The molecule has 1 heterocycles. The first-order chi connectivity index (χ1) is 15.7. The van der Waals surface area contributed by atoms with Gasteiger partial charge in [-0.05, 0) is 103 Å². The number of nitrogens with zero attached hydrogens (tertiary/aromatic N) is 2. The number of carbonyl (C=O) groups is 2. The van der Waals surface area contributed by atoms with Gasteiger partial charge < -0.3 is 14.6 Å². The summed E-state index contributed by atoms with van der Waals surface area (Å²) in [6.45, 7) is 8.62. The maximum atomic E-state index is 13.0. The van der Waals surface area contributed by atoms with Crippen LogP contribution < -0.4 is 9.47 Å². The average Bonchev–Trinajstić information content (AvgIpc) is 3.04. The number of hydrogen-bond donors (Lipinski definition) is 1. The van der Waals surface area contributed by atoms with Gasteiger partial charge >= 0.3 is 5.97 Å². The Bertz CT molecular complexity index is 1110. The Kier molecular flexibility index (Phi) is 8.20. The molecule has 33 heavy (non-hydrogen) atoms. The molecule has 1 aliphatic heterocycles. The van der Waals surface area contributed by atoms with Gasteiger partial charge in [0.15, 0.2) is 16.7 Å². The van der Waals surface area contributed by atoms with Gasteiger partial charge in [0.2, 0.25) is 0 Å². The van der Waals surface area contributed by atoms with E-state index < -0.39 is 5.97 Å². The number of halogens is 1. The predicted molar refractivity (Wildman–Crippen MR) is 135 cm³/mol. The number of ether oxygens (including phenoxy) is 2. The molecular formula is C24H25BrN2O5S. The molecule has 0 spiro atoms. The molecule has 2 aromatic rings. The van der Waals surface area contributed by atoms with Crippen molar-refractivity contribution in [2.24, 2.45) is 4.99 Å². The first-order valence-corrected chi connectivity index (χ1v) is 12.1. The fourth-order valence-electron chi connectivity index (χ4n) is 3.09. The van der Waals surface area contributed by atoms with E-state index in [0.29, 0.717) is 40.4 Å². The smallest absolute Gasteiger partial charge is 0.335 e. The van der Waals surface area contributed by atoms with E-state index in [-0.39, 0.29) is 17.6 Å². The number of amides is 1. The Hall–Kier alpha value is -2.78. The van der Waals surface area contributed by atoms with Gasteiger partial charge in [0, 0.05) is 6.54 Å². The summed E-state index contributed by atoms with van der Waals surface area (Å²) in [6.07, 6.45) is 1.79. The summed E-state index contributed by atoms with van der Waals surface area (Å²) >= 11 is 4.83. The molecule has 1 aliphatic rings. The lowest BCUT2D eigenvalue weighted by molar-refractivity contribution is -0.122. The SMILES string of the molecule is CCOc1cc(/C=C2/SC(=Nc3ccc(C(=O)O)cc3)N(CC)C2=O)cc(Br)c1OC(C)C. The van der Waals surface area contributed by atoms with E-state index in [1.54, 1.807) is 23.1 Å². The number of benzene rings is 2. The van der Waals surface area contributed by atoms with Crippen molar-refractivity contribution in [3.8, 4) is 11.5 Å². The number of hydrogen-bond acceptors (Lipinski definition) is 6. The number of thioether (sulfide) groups is 1. The molecule has 1 amide bonds. The van der Waals surface area contributed by atoms with E-state index in [0.717, 1.165) is 10.0 Å². The second-order valence-corrected chi connectivity index (χ2v) is 9.20. The zero-order chi connectivity index (χ0) is 24.1. The predicted octanol–water partition coefficient (Wildman–Crippen LogP) is 5.96. The number of carboxylic acids is 1. The summed E-state index contributed by atoms with van der Waals surface area (Å²) in [6, 6.07) is 9.96. The fourth-order valence-corrected chi connectivity index (χ4v) is 4.71. The van der Waals surface area contributed by atoms with Crippen molar-refractivity contribution in [3.63, 3.8) is 0 Å². The number of aliphatic imine (C=N–C) groups is 1. The van der Waals surface area contributed by atoms with Crippen LogP contribution in [0.25, 0.3) is 6.08 Å². The van der Waals surface area contributed by atoms with Gasteiger partial charge in [-0.2, -0.15) is 0 Å². The molecule has 0 unspecified atom stereocenters. The Morgan fingerprint density at radius 1 is 1.24 bits per heavy atom. The van der Waals surface area contributed by atoms with Crippen LogP contribution in [0.2, 0.25) is 0 Å². The van der Waals surface area contributed by atoms with Crippen molar-refractivity contribution in [1.29, 1.82) is 0 Å². The van der Waals surface area contributed by atoms with Crippen LogP contribution in [0.3, 0.4) is 0 Å². The van der Waals surface area contributed by atoms with Crippen LogP contribution >= 0.6 is 27.7 Å². The lowest BCUT2D eigenvalue weighted by Crippen LogP contribution is -2.28. The quantitative estimate of drug-likeness (QED) is 0.422. The van der Waals surface area contributed by atoms with Crippen LogP contribution in [0.5, 0.6) is 11.5 Å². The third-order valence-electron chi connectivity index (χ3n) is 4.53. The van der Waals surface area contributed by atoms with Crippen LogP contribution in [0.4, 0.5) is 5.69 Å². The highest BCUT2D eigenvalue weighted by molar-refractivity contribution is 9.10. The highest BCUT2D eigenvalue weighted by atomic mass is 79.9.